The second kappa shape index (κ2) is 35.6. The van der Waals surface area contributed by atoms with Gasteiger partial charge in [0.05, 0.1) is 31.5 Å². The number of phosphoric acid groups is 1. The summed E-state index contributed by atoms with van der Waals surface area (Å²) >= 11 is 0. The van der Waals surface area contributed by atoms with Gasteiger partial charge in [0.2, 0.25) is 0 Å². The van der Waals surface area contributed by atoms with E-state index in [1.54, 1.807) is 6.08 Å². The van der Waals surface area contributed by atoms with Crippen LogP contribution in [0.3, 0.4) is 0 Å². The van der Waals surface area contributed by atoms with E-state index in [-0.39, 0.29) is 50.9 Å². The topological polar surface area (TPSA) is 195 Å². The van der Waals surface area contributed by atoms with Gasteiger partial charge >= 0.3 is 19.8 Å². The van der Waals surface area contributed by atoms with Crippen LogP contribution >= 0.6 is 7.82 Å². The molecule has 1 rings (SSSR count). The van der Waals surface area contributed by atoms with Crippen molar-refractivity contribution in [3.63, 3.8) is 0 Å². The average Bonchev–Trinajstić information content (AvgIpc) is 3.47. The molecule has 0 bridgehead atoms. The van der Waals surface area contributed by atoms with E-state index in [0.717, 1.165) is 51.4 Å². The lowest BCUT2D eigenvalue weighted by Gasteiger charge is -2.20. The van der Waals surface area contributed by atoms with Crippen LogP contribution in [0.4, 0.5) is 0 Å². The minimum atomic E-state index is -4.45. The minimum absolute atomic E-state index is 0.0116. The van der Waals surface area contributed by atoms with Crippen LogP contribution in [0.1, 0.15) is 162 Å². The summed E-state index contributed by atoms with van der Waals surface area (Å²) in [6.45, 7) is 3.31. The highest BCUT2D eigenvalue weighted by atomic mass is 31.2. The van der Waals surface area contributed by atoms with Gasteiger partial charge in [-0.2, -0.15) is 0 Å². The lowest BCUT2D eigenvalue weighted by atomic mass is 9.89. The first-order chi connectivity index (χ1) is 28.0. The Balaban J connectivity index is 2.40. The van der Waals surface area contributed by atoms with Gasteiger partial charge in [-0.25, -0.2) is 4.57 Å². The second-order valence-corrected chi connectivity index (χ2v) is 17.0. The number of hydrogen-bond acceptors (Lipinski definition) is 11. The third kappa shape index (κ3) is 29.1. The molecule has 58 heavy (non-hydrogen) atoms. The van der Waals surface area contributed by atoms with Crippen LogP contribution in [0.2, 0.25) is 0 Å². The zero-order chi connectivity index (χ0) is 42.7. The molecule has 0 heterocycles. The van der Waals surface area contributed by atoms with Gasteiger partial charge in [0.15, 0.2) is 6.10 Å². The lowest BCUT2D eigenvalue weighted by molar-refractivity contribution is -0.161. The summed E-state index contributed by atoms with van der Waals surface area (Å²) in [7, 11) is -4.45. The van der Waals surface area contributed by atoms with Crippen molar-refractivity contribution in [2.45, 2.75) is 186 Å². The quantitative estimate of drug-likeness (QED) is 0.0173. The number of nitrogens with two attached hydrogens (primary N) is 1. The van der Waals surface area contributed by atoms with Gasteiger partial charge in [0, 0.05) is 31.7 Å². The van der Waals surface area contributed by atoms with Crippen molar-refractivity contribution in [2.24, 2.45) is 17.6 Å². The molecular weight excluding hydrogens is 761 g/mol. The predicted octanol–water partition coefficient (Wildman–Crippen LogP) is 9.10. The van der Waals surface area contributed by atoms with Crippen LogP contribution in [-0.4, -0.2) is 82.9 Å². The number of allylic oxidation sites excluding steroid dienone is 6. The van der Waals surface area contributed by atoms with E-state index < -0.39 is 50.8 Å². The second-order valence-electron chi connectivity index (χ2n) is 15.5. The van der Waals surface area contributed by atoms with E-state index in [2.05, 4.69) is 38.2 Å². The molecule has 0 saturated heterocycles. The Kier molecular flexibility index (Phi) is 33.1. The van der Waals surface area contributed by atoms with Gasteiger partial charge in [-0.1, -0.05) is 127 Å². The van der Waals surface area contributed by atoms with Crippen LogP contribution < -0.4 is 5.73 Å². The zero-order valence-electron chi connectivity index (χ0n) is 35.8. The smallest absolute Gasteiger partial charge is 0.462 e. The highest BCUT2D eigenvalue weighted by Crippen LogP contribution is 2.43. The Labute approximate surface area is 350 Å². The summed E-state index contributed by atoms with van der Waals surface area (Å²) in [6, 6.07) is 0. The number of ether oxygens (including phenoxy) is 2. The Bertz CT molecular complexity index is 1210. The fraction of sp³-hybridized carbons (Fsp3) is 0.778. The molecule has 0 spiro atoms. The molecule has 1 aliphatic carbocycles. The molecule has 1 saturated carbocycles. The monoisotopic (exact) mass is 842 g/mol. The third-order valence-corrected chi connectivity index (χ3v) is 11.2. The van der Waals surface area contributed by atoms with Crippen molar-refractivity contribution in [2.75, 3.05) is 26.4 Å². The SMILES string of the molecule is CCCCC/C=C\C/C=C\CCCCCCCCCC(=O)OC[C@H](COP(=O)(O)OCCN)OC(=O)CCC/C=C/C[C@@H]1[C@@H](/C=C/[C@@H](O)CCCCC)[C@H](O)C[C@@H]1O. The molecule has 0 aromatic rings. The molecule has 12 nitrogen and oxygen atoms in total. The standard InChI is InChI=1S/C45H80NO11P/c1-3-5-7-8-9-10-11-12-13-14-15-16-17-18-19-20-25-29-44(50)54-36-39(37-56-58(52,53)55-34-33-46)57-45(51)30-26-22-21-24-28-40-41(43(49)35-42(40)48)32-31-38(47)27-23-6-4-2/h9-10,12-13,21,24,31-32,38-43,47-49H,3-8,11,14-20,22-23,25-30,33-37,46H2,1-2H3,(H,52,53)/b10-9-,13-12-,24-21+,32-31+/t38-,39+,40+,41+,42-,43+/m0/s1. The van der Waals surface area contributed by atoms with Crippen molar-refractivity contribution >= 4 is 19.8 Å². The number of hydrogen-bond donors (Lipinski definition) is 5. The molecule has 0 aromatic carbocycles. The average molecular weight is 842 g/mol. The molecule has 1 fully saturated rings. The van der Waals surface area contributed by atoms with Gasteiger partial charge in [0.25, 0.3) is 0 Å². The Morgan fingerprint density at radius 2 is 1.34 bits per heavy atom. The first kappa shape index (κ1) is 53.9. The normalized spacial score (nSPS) is 20.7. The molecule has 7 atom stereocenters. The number of carbonyl (C=O) groups is 2. The maximum atomic E-state index is 12.7. The van der Waals surface area contributed by atoms with Crippen LogP contribution in [0.5, 0.6) is 0 Å². The molecule has 13 heteroatoms. The summed E-state index contributed by atoms with van der Waals surface area (Å²) < 4.78 is 32.8. The van der Waals surface area contributed by atoms with Crippen molar-refractivity contribution in [1.29, 1.82) is 0 Å². The highest BCUT2D eigenvalue weighted by Gasteiger charge is 2.39. The molecule has 0 aliphatic heterocycles. The summed E-state index contributed by atoms with van der Waals surface area (Å²) in [5.74, 6) is -1.46. The third-order valence-electron chi connectivity index (χ3n) is 10.3. The predicted molar refractivity (Wildman–Crippen MR) is 231 cm³/mol. The van der Waals surface area contributed by atoms with Crippen molar-refractivity contribution in [3.05, 3.63) is 48.6 Å². The summed E-state index contributed by atoms with van der Waals surface area (Å²) in [4.78, 5) is 35.1. The summed E-state index contributed by atoms with van der Waals surface area (Å²) in [5, 5.41) is 31.3. The van der Waals surface area contributed by atoms with E-state index in [9.17, 15) is 34.4 Å². The first-order valence-corrected chi connectivity index (χ1v) is 23.9. The fourth-order valence-electron chi connectivity index (χ4n) is 6.83. The number of rotatable bonds is 37. The number of carbonyl (C=O) groups excluding carboxylic acids is 2. The van der Waals surface area contributed by atoms with Gasteiger partial charge in [-0.05, 0) is 70.1 Å². The molecule has 0 radical (unpaired) electrons. The number of aliphatic hydroxyl groups excluding tert-OH is 3. The lowest BCUT2D eigenvalue weighted by Crippen LogP contribution is -2.29. The van der Waals surface area contributed by atoms with Gasteiger partial charge in [-0.3, -0.25) is 18.6 Å². The highest BCUT2D eigenvalue weighted by molar-refractivity contribution is 7.47. The minimum Gasteiger partial charge on any atom is -0.462 e. The molecule has 6 N–H and O–H groups in total. The Hall–Kier alpha value is -2.15. The molecule has 1 aliphatic rings. The maximum Gasteiger partial charge on any atom is 0.472 e. The van der Waals surface area contributed by atoms with Gasteiger partial charge in [0.1, 0.15) is 6.61 Å². The van der Waals surface area contributed by atoms with E-state index in [1.165, 1.54) is 44.9 Å². The molecule has 0 amide bonds. The van der Waals surface area contributed by atoms with E-state index in [4.69, 9.17) is 24.3 Å². The zero-order valence-corrected chi connectivity index (χ0v) is 36.7. The summed E-state index contributed by atoms with van der Waals surface area (Å²) in [6.07, 6.45) is 33.7. The maximum absolute atomic E-state index is 12.7. The van der Waals surface area contributed by atoms with Crippen molar-refractivity contribution in [1.82, 2.24) is 0 Å². The Morgan fingerprint density at radius 3 is 2.03 bits per heavy atom. The van der Waals surface area contributed by atoms with Crippen molar-refractivity contribution in [3.8, 4) is 0 Å². The largest absolute Gasteiger partial charge is 0.472 e. The van der Waals surface area contributed by atoms with E-state index in [0.29, 0.717) is 32.1 Å². The van der Waals surface area contributed by atoms with Crippen molar-refractivity contribution < 1.29 is 52.9 Å². The van der Waals surface area contributed by atoms with Gasteiger partial charge < -0.3 is 35.4 Å². The first-order valence-electron chi connectivity index (χ1n) is 22.4. The fourth-order valence-corrected chi connectivity index (χ4v) is 7.60. The summed E-state index contributed by atoms with van der Waals surface area (Å²) in [5.41, 5.74) is 5.34. The van der Waals surface area contributed by atoms with Crippen LogP contribution in [0.15, 0.2) is 48.6 Å². The van der Waals surface area contributed by atoms with E-state index in [1.807, 2.05) is 18.2 Å². The number of esters is 2. The Morgan fingerprint density at radius 1 is 0.741 bits per heavy atom. The molecule has 336 valence electrons. The molecule has 0 aromatic heterocycles. The number of unbranched alkanes of at least 4 members (excludes halogenated alkanes) is 13. The van der Waals surface area contributed by atoms with Crippen LogP contribution in [0.25, 0.3) is 0 Å². The molecular formula is C45H80NO11P. The van der Waals surface area contributed by atoms with Crippen LogP contribution in [0, 0.1) is 11.8 Å². The molecule has 1 unspecified atom stereocenters. The number of phosphoric ester groups is 1. The van der Waals surface area contributed by atoms with Crippen LogP contribution in [-0.2, 0) is 32.7 Å². The number of aliphatic hydroxyl groups is 3. The van der Waals surface area contributed by atoms with Gasteiger partial charge in [-0.15, -0.1) is 0 Å². The van der Waals surface area contributed by atoms with E-state index >= 15 is 0 Å².